The molecule has 0 fully saturated rings. The fourth-order valence-electron chi connectivity index (χ4n) is 2.03. The number of carbonyl (C=O) groups excluding carboxylic acids is 1. The van der Waals surface area contributed by atoms with Gasteiger partial charge < -0.3 is 10.1 Å². The lowest BCUT2D eigenvalue weighted by atomic mass is 10.1. The first kappa shape index (κ1) is 19.9. The van der Waals surface area contributed by atoms with Gasteiger partial charge in [-0.25, -0.2) is 0 Å². The molecule has 0 aromatic heterocycles. The fourth-order valence-corrected chi connectivity index (χ4v) is 2.60. The van der Waals surface area contributed by atoms with E-state index in [2.05, 4.69) is 20.0 Å². The van der Waals surface area contributed by atoms with E-state index in [-0.39, 0.29) is 24.7 Å². The number of hydrogen-bond acceptors (Lipinski definition) is 7. The molecule has 1 aliphatic rings. The van der Waals surface area contributed by atoms with Gasteiger partial charge in [-0.1, -0.05) is 30.3 Å². The Hall–Kier alpha value is -2.38. The second kappa shape index (κ2) is 9.94. The third kappa shape index (κ3) is 6.85. The molecule has 0 radical (unpaired) electrons. The van der Waals surface area contributed by atoms with Crippen LogP contribution in [0, 0.1) is 0 Å². The number of ether oxygens (including phenoxy) is 1. The van der Waals surface area contributed by atoms with E-state index in [4.69, 9.17) is 4.74 Å². The average Bonchev–Trinajstić information content (AvgIpc) is 2.81. The van der Waals surface area contributed by atoms with Crippen LogP contribution in [0.4, 0.5) is 0 Å². The highest BCUT2D eigenvalue weighted by Crippen LogP contribution is 2.17. The molecule has 1 aliphatic heterocycles. The number of allylic oxidation sites excluding steroid dienone is 2. The highest BCUT2D eigenvalue weighted by Gasteiger charge is 2.14. The molecular weight excluding hydrogens is 348 g/mol. The van der Waals surface area contributed by atoms with Gasteiger partial charge >= 0.3 is 5.97 Å². The summed E-state index contributed by atoms with van der Waals surface area (Å²) in [7, 11) is 1.82. The van der Waals surface area contributed by atoms with Crippen molar-refractivity contribution < 1.29 is 9.53 Å². The van der Waals surface area contributed by atoms with Crippen LogP contribution in [0.5, 0.6) is 0 Å². The van der Waals surface area contributed by atoms with E-state index in [1.54, 1.807) is 12.4 Å². The van der Waals surface area contributed by atoms with Crippen molar-refractivity contribution in [2.24, 2.45) is 9.98 Å². The number of hydrogen-bond donors (Lipinski definition) is 2. The molecule has 7 heteroatoms. The standard InChI is InChI=1S/C19H24N4O2S/c1-19(2)9-10-22-16(11-23-19)17(26-20-3)12-21-13-18(24)25-14-15-7-5-4-6-8-15/h4-12,20,22H,13-14H2,1-3H3. The number of rotatable bonds is 7. The normalized spacial score (nSPS) is 17.7. The Bertz CT molecular complexity index is 724. The van der Waals surface area contributed by atoms with Gasteiger partial charge in [0.25, 0.3) is 0 Å². The molecular formula is C19H24N4O2S. The zero-order valence-electron chi connectivity index (χ0n) is 15.2. The molecule has 1 aromatic rings. The van der Waals surface area contributed by atoms with Crippen LogP contribution >= 0.6 is 11.9 Å². The van der Waals surface area contributed by atoms with E-state index in [0.717, 1.165) is 16.2 Å². The van der Waals surface area contributed by atoms with E-state index in [1.165, 1.54) is 11.9 Å². The molecule has 1 aromatic carbocycles. The SMILES string of the molecule is CNSC(C=NCC(=O)OCc1ccccc1)=C1C=NC(C)(C)C=CN1. The lowest BCUT2D eigenvalue weighted by Gasteiger charge is -2.11. The third-order valence-corrected chi connectivity index (χ3v) is 4.15. The summed E-state index contributed by atoms with van der Waals surface area (Å²) in [4.78, 5) is 21.4. The first-order valence-electron chi connectivity index (χ1n) is 8.27. The lowest BCUT2D eigenvalue weighted by molar-refractivity contribution is -0.143. The summed E-state index contributed by atoms with van der Waals surface area (Å²) in [6.45, 7) is 4.26. The second-order valence-electron chi connectivity index (χ2n) is 6.09. The number of nitrogens with zero attached hydrogens (tertiary/aromatic N) is 2. The zero-order valence-corrected chi connectivity index (χ0v) is 16.0. The number of benzene rings is 1. The molecule has 138 valence electrons. The van der Waals surface area contributed by atoms with Gasteiger partial charge in [0.15, 0.2) is 0 Å². The summed E-state index contributed by atoms with van der Waals surface area (Å²) in [5.74, 6) is -0.368. The van der Waals surface area contributed by atoms with Crippen molar-refractivity contribution >= 4 is 30.3 Å². The molecule has 0 aliphatic carbocycles. The van der Waals surface area contributed by atoms with Gasteiger partial charge in [-0.3, -0.25) is 19.5 Å². The predicted octanol–water partition coefficient (Wildman–Crippen LogP) is 2.85. The molecule has 0 spiro atoms. The van der Waals surface area contributed by atoms with Crippen molar-refractivity contribution in [1.82, 2.24) is 10.0 Å². The summed E-state index contributed by atoms with van der Waals surface area (Å²) in [6.07, 6.45) is 7.27. The zero-order chi connectivity index (χ0) is 18.8. The molecule has 0 atom stereocenters. The van der Waals surface area contributed by atoms with Gasteiger partial charge in [0, 0.05) is 12.4 Å². The smallest absolute Gasteiger partial charge is 0.328 e. The Morgan fingerprint density at radius 3 is 2.88 bits per heavy atom. The van der Waals surface area contributed by atoms with E-state index >= 15 is 0 Å². The van der Waals surface area contributed by atoms with Crippen molar-refractivity contribution in [2.75, 3.05) is 13.6 Å². The first-order valence-corrected chi connectivity index (χ1v) is 9.08. The molecule has 6 nitrogen and oxygen atoms in total. The minimum atomic E-state index is -0.368. The summed E-state index contributed by atoms with van der Waals surface area (Å²) in [5.41, 5.74) is 1.50. The fraction of sp³-hybridized carbons (Fsp3) is 0.316. The van der Waals surface area contributed by atoms with Crippen LogP contribution in [0.3, 0.4) is 0 Å². The summed E-state index contributed by atoms with van der Waals surface area (Å²) in [6, 6.07) is 9.56. The maximum atomic E-state index is 11.8. The predicted molar refractivity (Wildman–Crippen MR) is 108 cm³/mol. The number of esters is 1. The van der Waals surface area contributed by atoms with Gasteiger partial charge in [-0.2, -0.15) is 0 Å². The Kier molecular flexibility index (Phi) is 7.62. The van der Waals surface area contributed by atoms with Gasteiger partial charge in [0.2, 0.25) is 0 Å². The maximum absolute atomic E-state index is 11.8. The van der Waals surface area contributed by atoms with E-state index in [9.17, 15) is 4.79 Å². The van der Waals surface area contributed by atoms with Crippen LogP contribution < -0.4 is 10.0 Å². The Balaban J connectivity index is 1.95. The van der Waals surface area contributed by atoms with Gasteiger partial charge in [0.05, 0.1) is 16.1 Å². The largest absolute Gasteiger partial charge is 0.459 e. The molecule has 0 saturated heterocycles. The van der Waals surface area contributed by atoms with E-state index in [0.29, 0.717) is 0 Å². The quantitative estimate of drug-likeness (QED) is 0.437. The second-order valence-corrected chi connectivity index (χ2v) is 7.14. The van der Waals surface area contributed by atoms with Crippen LogP contribution in [-0.2, 0) is 16.1 Å². The molecule has 0 unspecified atom stereocenters. The van der Waals surface area contributed by atoms with Crippen LogP contribution in [0.1, 0.15) is 19.4 Å². The molecule has 0 bridgehead atoms. The minimum absolute atomic E-state index is 0.0354. The van der Waals surface area contributed by atoms with Crippen molar-refractivity contribution in [3.8, 4) is 0 Å². The molecule has 0 amide bonds. The van der Waals surface area contributed by atoms with Crippen LogP contribution in [0.2, 0.25) is 0 Å². The lowest BCUT2D eigenvalue weighted by Crippen LogP contribution is -2.12. The summed E-state index contributed by atoms with van der Waals surface area (Å²) >= 11 is 1.39. The Labute approximate surface area is 158 Å². The van der Waals surface area contributed by atoms with Crippen molar-refractivity contribution in [3.05, 3.63) is 58.8 Å². The van der Waals surface area contributed by atoms with E-state index in [1.807, 2.05) is 63.5 Å². The van der Waals surface area contributed by atoms with Crippen molar-refractivity contribution in [1.29, 1.82) is 0 Å². The van der Waals surface area contributed by atoms with E-state index < -0.39 is 0 Å². The summed E-state index contributed by atoms with van der Waals surface area (Å²) in [5, 5.41) is 3.19. The highest BCUT2D eigenvalue weighted by atomic mass is 32.2. The van der Waals surface area contributed by atoms with Gasteiger partial charge in [0.1, 0.15) is 13.2 Å². The number of nitrogens with one attached hydrogen (secondary N) is 2. The molecule has 2 N–H and O–H groups in total. The van der Waals surface area contributed by atoms with Crippen molar-refractivity contribution in [3.63, 3.8) is 0 Å². The first-order chi connectivity index (χ1) is 12.5. The van der Waals surface area contributed by atoms with Crippen LogP contribution in [0.15, 0.2) is 63.2 Å². The Morgan fingerprint density at radius 2 is 2.15 bits per heavy atom. The van der Waals surface area contributed by atoms with Crippen LogP contribution in [-0.4, -0.2) is 37.5 Å². The number of aliphatic imine (C=N–C) groups is 2. The highest BCUT2D eigenvalue weighted by molar-refractivity contribution is 8.02. The molecule has 26 heavy (non-hydrogen) atoms. The monoisotopic (exact) mass is 372 g/mol. The topological polar surface area (TPSA) is 75.1 Å². The molecule has 0 saturated carbocycles. The average molecular weight is 372 g/mol. The van der Waals surface area contributed by atoms with Gasteiger partial charge in [-0.05, 0) is 50.7 Å². The minimum Gasteiger partial charge on any atom is -0.459 e. The molecule has 1 heterocycles. The third-order valence-electron chi connectivity index (χ3n) is 3.41. The van der Waals surface area contributed by atoms with Gasteiger partial charge in [-0.15, -0.1) is 0 Å². The van der Waals surface area contributed by atoms with Crippen molar-refractivity contribution in [2.45, 2.75) is 26.0 Å². The summed E-state index contributed by atoms with van der Waals surface area (Å²) < 4.78 is 8.23. The van der Waals surface area contributed by atoms with Crippen LogP contribution in [0.25, 0.3) is 0 Å². The Morgan fingerprint density at radius 1 is 1.38 bits per heavy atom. The maximum Gasteiger partial charge on any atom is 0.328 e. The molecule has 2 rings (SSSR count). The number of carbonyl (C=O) groups is 1.